The van der Waals surface area contributed by atoms with Crippen LogP contribution < -0.4 is 5.32 Å². The van der Waals surface area contributed by atoms with E-state index in [-0.39, 0.29) is 11.9 Å². The Balaban J connectivity index is 4.43. The SMILES string of the molecule is CCCC(C)(NC(=O)CSC(C)C)C(=O)OC. The molecule has 0 saturated carbocycles. The maximum absolute atomic E-state index is 11.7. The minimum Gasteiger partial charge on any atom is -0.467 e. The summed E-state index contributed by atoms with van der Waals surface area (Å²) < 4.78 is 4.73. The van der Waals surface area contributed by atoms with E-state index in [1.54, 1.807) is 18.7 Å². The smallest absolute Gasteiger partial charge is 0.331 e. The first-order valence-electron chi connectivity index (χ1n) is 5.86. The van der Waals surface area contributed by atoms with E-state index in [1.165, 1.54) is 7.11 Å². The summed E-state index contributed by atoms with van der Waals surface area (Å²) in [5.74, 6) is -0.138. The number of amides is 1. The molecule has 0 spiro atoms. The van der Waals surface area contributed by atoms with E-state index in [9.17, 15) is 9.59 Å². The van der Waals surface area contributed by atoms with Gasteiger partial charge < -0.3 is 10.1 Å². The zero-order valence-corrected chi connectivity index (χ0v) is 12.1. The van der Waals surface area contributed by atoms with E-state index < -0.39 is 5.54 Å². The number of hydrogen-bond donors (Lipinski definition) is 1. The lowest BCUT2D eigenvalue weighted by Gasteiger charge is -2.27. The van der Waals surface area contributed by atoms with Gasteiger partial charge in [0.1, 0.15) is 5.54 Å². The normalized spacial score (nSPS) is 14.2. The van der Waals surface area contributed by atoms with Crippen LogP contribution >= 0.6 is 11.8 Å². The van der Waals surface area contributed by atoms with Gasteiger partial charge in [0, 0.05) is 0 Å². The van der Waals surface area contributed by atoms with Gasteiger partial charge in [-0.05, 0) is 18.6 Å². The van der Waals surface area contributed by atoms with Crippen molar-refractivity contribution in [2.24, 2.45) is 0 Å². The maximum atomic E-state index is 11.7. The number of esters is 1. The number of nitrogens with one attached hydrogen (secondary N) is 1. The number of carbonyl (C=O) groups is 2. The first kappa shape index (κ1) is 16.3. The lowest BCUT2D eigenvalue weighted by molar-refractivity contribution is -0.150. The predicted octanol–water partition coefficient (Wildman–Crippen LogP) is 1.98. The molecule has 0 aliphatic carbocycles. The van der Waals surface area contributed by atoms with Gasteiger partial charge in [-0.3, -0.25) is 4.79 Å². The van der Waals surface area contributed by atoms with Gasteiger partial charge in [0.25, 0.3) is 0 Å². The molecular weight excluding hydrogens is 238 g/mol. The number of methoxy groups -OCH3 is 1. The molecule has 0 aromatic carbocycles. The molecule has 0 radical (unpaired) electrons. The zero-order valence-electron chi connectivity index (χ0n) is 11.3. The third-order valence-electron chi connectivity index (χ3n) is 2.35. The fourth-order valence-corrected chi connectivity index (χ4v) is 2.08. The van der Waals surface area contributed by atoms with Gasteiger partial charge in [-0.2, -0.15) is 0 Å². The van der Waals surface area contributed by atoms with Crippen LogP contribution in [-0.4, -0.2) is 35.5 Å². The average Bonchev–Trinajstić information content (AvgIpc) is 2.25. The molecule has 1 amide bonds. The highest BCUT2D eigenvalue weighted by atomic mass is 32.2. The van der Waals surface area contributed by atoms with Gasteiger partial charge in [-0.15, -0.1) is 11.8 Å². The maximum Gasteiger partial charge on any atom is 0.331 e. The summed E-state index contributed by atoms with van der Waals surface area (Å²) in [5, 5.41) is 3.17. The fraction of sp³-hybridized carbons (Fsp3) is 0.833. The average molecular weight is 261 g/mol. The van der Waals surface area contributed by atoms with Crippen LogP contribution in [0.5, 0.6) is 0 Å². The van der Waals surface area contributed by atoms with E-state index in [1.807, 2.05) is 20.8 Å². The second-order valence-electron chi connectivity index (χ2n) is 4.48. The van der Waals surface area contributed by atoms with Crippen molar-refractivity contribution < 1.29 is 14.3 Å². The molecular formula is C12H23NO3S. The van der Waals surface area contributed by atoms with Crippen LogP contribution in [0.2, 0.25) is 0 Å². The van der Waals surface area contributed by atoms with Crippen LogP contribution in [0.3, 0.4) is 0 Å². The molecule has 0 heterocycles. The van der Waals surface area contributed by atoms with Crippen molar-refractivity contribution in [3.63, 3.8) is 0 Å². The van der Waals surface area contributed by atoms with E-state index in [2.05, 4.69) is 5.32 Å². The fourth-order valence-electron chi connectivity index (χ4n) is 1.53. The Hall–Kier alpha value is -0.710. The largest absolute Gasteiger partial charge is 0.467 e. The molecule has 1 N–H and O–H groups in total. The van der Waals surface area contributed by atoms with E-state index in [4.69, 9.17) is 4.74 Å². The Labute approximate surface area is 108 Å². The van der Waals surface area contributed by atoms with Gasteiger partial charge in [0.15, 0.2) is 0 Å². The number of ether oxygens (including phenoxy) is 1. The lowest BCUT2D eigenvalue weighted by atomic mass is 9.96. The molecule has 0 saturated heterocycles. The number of rotatable bonds is 7. The number of carbonyl (C=O) groups excluding carboxylic acids is 2. The molecule has 100 valence electrons. The molecule has 0 aliphatic rings. The summed E-state index contributed by atoms with van der Waals surface area (Å²) >= 11 is 1.55. The molecule has 4 nitrogen and oxygen atoms in total. The summed E-state index contributed by atoms with van der Waals surface area (Å²) in [6.07, 6.45) is 1.39. The molecule has 0 rings (SSSR count). The Kier molecular flexibility index (Phi) is 7.27. The van der Waals surface area contributed by atoms with Gasteiger partial charge in [-0.1, -0.05) is 27.2 Å². The van der Waals surface area contributed by atoms with Crippen LogP contribution in [0.1, 0.15) is 40.5 Å². The number of hydrogen-bond acceptors (Lipinski definition) is 4. The third kappa shape index (κ3) is 5.96. The van der Waals surface area contributed by atoms with E-state index >= 15 is 0 Å². The van der Waals surface area contributed by atoms with Gasteiger partial charge in [0.2, 0.25) is 5.91 Å². The second kappa shape index (κ2) is 7.58. The summed E-state index contributed by atoms with van der Waals surface area (Å²) in [7, 11) is 1.34. The molecule has 0 aromatic heterocycles. The molecule has 17 heavy (non-hydrogen) atoms. The molecule has 1 atom stereocenters. The minimum absolute atomic E-state index is 0.120. The van der Waals surface area contributed by atoms with Crippen LogP contribution in [0.15, 0.2) is 0 Å². The van der Waals surface area contributed by atoms with Crippen molar-refractivity contribution in [2.45, 2.75) is 51.3 Å². The molecule has 1 unspecified atom stereocenters. The standard InChI is InChI=1S/C12H23NO3S/c1-6-7-12(4,11(15)16-5)13-10(14)8-17-9(2)3/h9H,6-8H2,1-5H3,(H,13,14). The highest BCUT2D eigenvalue weighted by molar-refractivity contribution is 8.00. The molecule has 0 fully saturated rings. The first-order chi connectivity index (χ1) is 7.85. The van der Waals surface area contributed by atoms with Crippen LogP contribution in [0.4, 0.5) is 0 Å². The van der Waals surface area contributed by atoms with Crippen LogP contribution in [-0.2, 0) is 14.3 Å². The third-order valence-corrected chi connectivity index (χ3v) is 3.44. The van der Waals surface area contributed by atoms with Gasteiger partial charge in [0.05, 0.1) is 12.9 Å². The van der Waals surface area contributed by atoms with Crippen molar-refractivity contribution in [3.8, 4) is 0 Å². The second-order valence-corrected chi connectivity index (χ2v) is 6.05. The summed E-state index contributed by atoms with van der Waals surface area (Å²) in [5.41, 5.74) is -0.905. The number of thioether (sulfide) groups is 1. The van der Waals surface area contributed by atoms with E-state index in [0.29, 0.717) is 17.4 Å². The molecule has 0 aromatic rings. The first-order valence-corrected chi connectivity index (χ1v) is 6.91. The Morgan fingerprint density at radius 2 is 2.00 bits per heavy atom. The van der Waals surface area contributed by atoms with E-state index in [0.717, 1.165) is 6.42 Å². The van der Waals surface area contributed by atoms with Crippen molar-refractivity contribution in [1.82, 2.24) is 5.32 Å². The Bertz CT molecular complexity index is 268. The van der Waals surface area contributed by atoms with Gasteiger partial charge in [-0.25, -0.2) is 4.79 Å². The zero-order chi connectivity index (χ0) is 13.5. The van der Waals surface area contributed by atoms with Crippen molar-refractivity contribution in [3.05, 3.63) is 0 Å². The summed E-state index contributed by atoms with van der Waals surface area (Å²) in [4.78, 5) is 23.4. The summed E-state index contributed by atoms with van der Waals surface area (Å²) in [6.45, 7) is 7.74. The highest BCUT2D eigenvalue weighted by Crippen LogP contribution is 2.15. The molecule has 0 aliphatic heterocycles. The van der Waals surface area contributed by atoms with Crippen molar-refractivity contribution >= 4 is 23.6 Å². The van der Waals surface area contributed by atoms with Crippen LogP contribution in [0.25, 0.3) is 0 Å². The lowest BCUT2D eigenvalue weighted by Crippen LogP contribution is -2.53. The minimum atomic E-state index is -0.905. The Morgan fingerprint density at radius 3 is 2.41 bits per heavy atom. The van der Waals surface area contributed by atoms with Crippen molar-refractivity contribution in [2.75, 3.05) is 12.9 Å². The highest BCUT2D eigenvalue weighted by Gasteiger charge is 2.34. The van der Waals surface area contributed by atoms with Crippen LogP contribution in [0, 0.1) is 0 Å². The quantitative estimate of drug-likeness (QED) is 0.712. The molecule has 5 heteroatoms. The topological polar surface area (TPSA) is 55.4 Å². The monoisotopic (exact) mass is 261 g/mol. The summed E-state index contributed by atoms with van der Waals surface area (Å²) in [6, 6.07) is 0. The molecule has 0 bridgehead atoms. The van der Waals surface area contributed by atoms with Gasteiger partial charge >= 0.3 is 5.97 Å². The van der Waals surface area contributed by atoms with Crippen molar-refractivity contribution in [1.29, 1.82) is 0 Å². The Morgan fingerprint density at radius 1 is 1.41 bits per heavy atom. The predicted molar refractivity (Wildman–Crippen MR) is 71.1 cm³/mol.